The summed E-state index contributed by atoms with van der Waals surface area (Å²) in [6, 6.07) is 14.1. The average molecular weight is 443 g/mol. The number of aromatic carboxylic acids is 1. The first-order valence-electron chi connectivity index (χ1n) is 7.98. The minimum Gasteiger partial charge on any atom is -0.478 e. The molecule has 0 aromatic heterocycles. The Morgan fingerprint density at radius 1 is 1.26 bits per heavy atom. The van der Waals surface area contributed by atoms with Crippen LogP contribution in [0.2, 0.25) is 0 Å². The van der Waals surface area contributed by atoms with E-state index in [2.05, 4.69) is 27.5 Å². The zero-order valence-corrected chi connectivity index (χ0v) is 16.5. The van der Waals surface area contributed by atoms with Gasteiger partial charge in [0.25, 0.3) is 5.91 Å². The van der Waals surface area contributed by atoms with Crippen molar-refractivity contribution in [3.8, 4) is 0 Å². The highest BCUT2D eigenvalue weighted by molar-refractivity contribution is 9.10. The maximum absolute atomic E-state index is 12.8. The van der Waals surface area contributed by atoms with Crippen LogP contribution in [0.4, 0.5) is 5.69 Å². The van der Waals surface area contributed by atoms with Crippen LogP contribution in [0, 0.1) is 0 Å². The van der Waals surface area contributed by atoms with Crippen molar-refractivity contribution in [2.45, 2.75) is 0 Å². The zero-order valence-electron chi connectivity index (χ0n) is 14.1. The van der Waals surface area contributed by atoms with E-state index in [-0.39, 0.29) is 18.0 Å². The summed E-state index contributed by atoms with van der Waals surface area (Å²) < 4.78 is 0.916. The quantitative estimate of drug-likeness (QED) is 0.525. The van der Waals surface area contributed by atoms with E-state index in [1.807, 2.05) is 24.3 Å². The molecule has 7 heteroatoms. The van der Waals surface area contributed by atoms with Crippen molar-refractivity contribution in [3.63, 3.8) is 0 Å². The van der Waals surface area contributed by atoms with E-state index in [0.29, 0.717) is 15.8 Å². The number of thioether (sulfide) groups is 1. The first kappa shape index (κ1) is 19.1. The lowest BCUT2D eigenvalue weighted by atomic mass is 10.2. The molecule has 1 fully saturated rings. The van der Waals surface area contributed by atoms with Crippen LogP contribution in [0.3, 0.4) is 0 Å². The SMILES string of the molecule is C=CCN1C(=O)/C(=C/c2cccc(Br)c2)SC1=Nc1ccccc1C(=O)O. The summed E-state index contributed by atoms with van der Waals surface area (Å²) >= 11 is 4.63. The number of aliphatic imine (C=N–C) groups is 1. The Kier molecular flexibility index (Phi) is 5.93. The maximum Gasteiger partial charge on any atom is 0.337 e. The predicted molar refractivity (Wildman–Crippen MR) is 112 cm³/mol. The van der Waals surface area contributed by atoms with Crippen LogP contribution in [0.1, 0.15) is 15.9 Å². The van der Waals surface area contributed by atoms with Gasteiger partial charge in [0.1, 0.15) is 0 Å². The van der Waals surface area contributed by atoms with Crippen molar-refractivity contribution in [3.05, 3.63) is 81.7 Å². The van der Waals surface area contributed by atoms with Crippen LogP contribution in [0.15, 0.2) is 75.6 Å². The minimum atomic E-state index is -1.07. The second-order valence-electron chi connectivity index (χ2n) is 5.59. The zero-order chi connectivity index (χ0) is 19.4. The normalized spacial score (nSPS) is 16.9. The Morgan fingerprint density at radius 3 is 2.74 bits per heavy atom. The van der Waals surface area contributed by atoms with Crippen molar-refractivity contribution in [2.24, 2.45) is 4.99 Å². The molecule has 1 amide bonds. The van der Waals surface area contributed by atoms with Crippen LogP contribution < -0.4 is 0 Å². The summed E-state index contributed by atoms with van der Waals surface area (Å²) in [5.74, 6) is -1.25. The number of carboxylic acid groups (broad SMARTS) is 1. The van der Waals surface area contributed by atoms with Crippen molar-refractivity contribution in [1.82, 2.24) is 4.90 Å². The third kappa shape index (κ3) is 4.37. The van der Waals surface area contributed by atoms with E-state index in [1.165, 1.54) is 22.7 Å². The number of carbonyl (C=O) groups is 2. The van der Waals surface area contributed by atoms with Gasteiger partial charge in [0.15, 0.2) is 5.17 Å². The lowest BCUT2D eigenvalue weighted by Gasteiger charge is -2.13. The molecule has 27 heavy (non-hydrogen) atoms. The molecular formula is C20H15BrN2O3S. The van der Waals surface area contributed by atoms with Gasteiger partial charge in [0.05, 0.1) is 16.2 Å². The summed E-state index contributed by atoms with van der Waals surface area (Å²) in [5, 5.41) is 9.77. The molecule has 0 radical (unpaired) electrons. The molecule has 1 N–H and O–H groups in total. The van der Waals surface area contributed by atoms with Gasteiger partial charge in [-0.2, -0.15) is 0 Å². The summed E-state index contributed by atoms with van der Waals surface area (Å²) in [6.07, 6.45) is 3.40. The van der Waals surface area contributed by atoms with Crippen molar-refractivity contribution >= 4 is 56.5 Å². The third-order valence-electron chi connectivity index (χ3n) is 3.70. The van der Waals surface area contributed by atoms with E-state index in [9.17, 15) is 14.7 Å². The summed E-state index contributed by atoms with van der Waals surface area (Å²) in [4.78, 5) is 30.6. The molecule has 0 saturated carbocycles. The van der Waals surface area contributed by atoms with Crippen LogP contribution in [-0.4, -0.2) is 33.6 Å². The van der Waals surface area contributed by atoms with E-state index in [0.717, 1.165) is 10.0 Å². The molecule has 1 heterocycles. The number of carbonyl (C=O) groups excluding carboxylic acids is 1. The Hall–Kier alpha value is -2.64. The second kappa shape index (κ2) is 8.37. The van der Waals surface area contributed by atoms with Crippen molar-refractivity contribution < 1.29 is 14.7 Å². The fourth-order valence-electron chi connectivity index (χ4n) is 2.48. The number of hydrogen-bond acceptors (Lipinski definition) is 4. The van der Waals surface area contributed by atoms with Gasteiger partial charge in [-0.3, -0.25) is 9.69 Å². The molecule has 0 atom stereocenters. The van der Waals surface area contributed by atoms with Crippen LogP contribution in [0.25, 0.3) is 6.08 Å². The van der Waals surface area contributed by atoms with Crippen LogP contribution in [0.5, 0.6) is 0 Å². The number of hydrogen-bond donors (Lipinski definition) is 1. The van der Waals surface area contributed by atoms with Crippen molar-refractivity contribution in [2.75, 3.05) is 6.54 Å². The van der Waals surface area contributed by atoms with Crippen molar-refractivity contribution in [1.29, 1.82) is 0 Å². The van der Waals surface area contributed by atoms with Gasteiger partial charge in [0.2, 0.25) is 0 Å². The average Bonchev–Trinajstić information content (AvgIpc) is 2.91. The van der Waals surface area contributed by atoms with E-state index in [4.69, 9.17) is 0 Å². The van der Waals surface area contributed by atoms with E-state index in [1.54, 1.807) is 30.4 Å². The highest BCUT2D eigenvalue weighted by atomic mass is 79.9. The molecule has 0 bridgehead atoms. The van der Waals surface area contributed by atoms with Gasteiger partial charge in [-0.25, -0.2) is 9.79 Å². The van der Waals surface area contributed by atoms with Crippen LogP contribution in [-0.2, 0) is 4.79 Å². The number of amidine groups is 1. The standard InChI is InChI=1S/C20H15BrN2O3S/c1-2-10-23-18(24)17(12-13-6-5-7-14(21)11-13)27-20(23)22-16-9-4-3-8-15(16)19(25)26/h2-9,11-12H,1,10H2,(H,25,26)/b17-12-,22-20?. The van der Waals surface area contributed by atoms with Gasteiger partial charge in [-0.15, -0.1) is 6.58 Å². The molecule has 0 spiro atoms. The molecular weight excluding hydrogens is 428 g/mol. The lowest BCUT2D eigenvalue weighted by Crippen LogP contribution is -2.29. The molecule has 1 aliphatic rings. The van der Waals surface area contributed by atoms with Gasteiger partial charge in [-0.05, 0) is 47.7 Å². The Morgan fingerprint density at radius 2 is 2.04 bits per heavy atom. The van der Waals surface area contributed by atoms with Gasteiger partial charge < -0.3 is 5.11 Å². The number of benzene rings is 2. The largest absolute Gasteiger partial charge is 0.478 e. The van der Waals surface area contributed by atoms with Gasteiger partial charge in [-0.1, -0.05) is 46.3 Å². The Labute approximate surface area is 169 Å². The Bertz CT molecular complexity index is 985. The number of nitrogens with zero attached hydrogens (tertiary/aromatic N) is 2. The fourth-order valence-corrected chi connectivity index (χ4v) is 3.90. The number of rotatable bonds is 5. The summed E-state index contributed by atoms with van der Waals surface area (Å²) in [5.41, 5.74) is 1.27. The highest BCUT2D eigenvalue weighted by Crippen LogP contribution is 2.35. The predicted octanol–water partition coefficient (Wildman–Crippen LogP) is 4.94. The first-order valence-corrected chi connectivity index (χ1v) is 9.59. The van der Waals surface area contributed by atoms with E-state index < -0.39 is 5.97 Å². The molecule has 3 rings (SSSR count). The number of amides is 1. The molecule has 136 valence electrons. The minimum absolute atomic E-state index is 0.0843. The van der Waals surface area contributed by atoms with Gasteiger partial charge >= 0.3 is 5.97 Å². The first-order chi connectivity index (χ1) is 13.0. The number of para-hydroxylation sites is 1. The lowest BCUT2D eigenvalue weighted by molar-refractivity contribution is -0.121. The summed E-state index contributed by atoms with van der Waals surface area (Å²) in [7, 11) is 0. The maximum atomic E-state index is 12.8. The molecule has 1 aliphatic heterocycles. The Balaban J connectivity index is 2.01. The van der Waals surface area contributed by atoms with Crippen LogP contribution >= 0.6 is 27.7 Å². The molecule has 1 saturated heterocycles. The molecule has 0 unspecified atom stereocenters. The second-order valence-corrected chi connectivity index (χ2v) is 7.51. The summed E-state index contributed by atoms with van der Waals surface area (Å²) in [6.45, 7) is 3.98. The fraction of sp³-hybridized carbons (Fsp3) is 0.0500. The molecule has 5 nitrogen and oxygen atoms in total. The molecule has 2 aromatic carbocycles. The third-order valence-corrected chi connectivity index (χ3v) is 5.20. The highest BCUT2D eigenvalue weighted by Gasteiger charge is 2.32. The number of halogens is 1. The van der Waals surface area contributed by atoms with E-state index >= 15 is 0 Å². The van der Waals surface area contributed by atoms with Gasteiger partial charge in [0, 0.05) is 11.0 Å². The number of carboxylic acids is 1. The monoisotopic (exact) mass is 442 g/mol. The molecule has 2 aromatic rings. The molecule has 0 aliphatic carbocycles. The smallest absolute Gasteiger partial charge is 0.337 e. The topological polar surface area (TPSA) is 70.0 Å².